The molecule has 0 amide bonds. The Balaban J connectivity index is 0.00000541. The second kappa shape index (κ2) is 14.7. The van der Waals surface area contributed by atoms with Crippen molar-refractivity contribution < 1.29 is 83.4 Å². The first kappa shape index (κ1) is 42.3. The Hall–Kier alpha value is 0.570. The minimum Gasteiger partial charge on any atom is -0.756 e. The molecule has 1 aliphatic heterocycles. The Kier molecular flexibility index (Phi) is 12.7. The normalized spacial score (nSPS) is 48.5. The van der Waals surface area contributed by atoms with Crippen LogP contribution in [0.4, 0.5) is 0 Å². The van der Waals surface area contributed by atoms with Gasteiger partial charge in [0, 0.05) is 0 Å². The zero-order valence-electron chi connectivity index (χ0n) is 31.2. The van der Waals surface area contributed by atoms with Crippen molar-refractivity contribution in [2.24, 2.45) is 45.3 Å². The smallest absolute Gasteiger partial charge is 0.756 e. The van der Waals surface area contributed by atoms with E-state index in [9.17, 15) is 39.9 Å². The van der Waals surface area contributed by atoms with E-state index in [1.54, 1.807) is 0 Å². The van der Waals surface area contributed by atoms with E-state index in [0.29, 0.717) is 25.7 Å². The van der Waals surface area contributed by atoms with Gasteiger partial charge in [-0.15, -0.1) is 0 Å². The number of hydrogen-bond donors (Lipinski definition) is 6. The summed E-state index contributed by atoms with van der Waals surface area (Å²) in [5.41, 5.74) is -0.764. The standard InChI is InChI=1S/C36H63O11P.Na/c1-20(2)10-9-14-36(8,46-31-30(41)29(40)28(39)23(19-37)45-31)21-11-16-35(7)27(21)22(38)18-25-33(5)15-13-26(47-48(42,43)44)32(3,4)24(33)12-17-34(25,35)6;/h10,21-31,37-41H,9,11-19H2,1-8H3,(H2,42,43,44);/q;+1/p-1/t21?,22-,23-,24?,25?,26+,27?,28-,29+,30-,31+,33+,34-,35-,36+;/m1./s1. The maximum absolute atomic E-state index is 12.3. The third-order valence-electron chi connectivity index (χ3n) is 14.8. The van der Waals surface area contributed by atoms with Gasteiger partial charge >= 0.3 is 29.6 Å². The summed E-state index contributed by atoms with van der Waals surface area (Å²) in [5, 5.41) is 54.1. The molecule has 6 N–H and O–H groups in total. The van der Waals surface area contributed by atoms with Gasteiger partial charge in [0.15, 0.2) is 6.29 Å². The molecule has 0 aromatic rings. The fourth-order valence-corrected chi connectivity index (χ4v) is 12.9. The second-order valence-corrected chi connectivity index (χ2v) is 19.0. The van der Waals surface area contributed by atoms with Gasteiger partial charge in [-0.25, -0.2) is 0 Å². The van der Waals surface area contributed by atoms with Gasteiger partial charge in [0.1, 0.15) is 24.4 Å². The summed E-state index contributed by atoms with van der Waals surface area (Å²) < 4.78 is 29.7. The SMILES string of the molecule is CC(C)=CCC[C@](C)(O[C@@H]1O[C@H](CO)[C@@H](O)[C@H](O)[C@H]1O)C1CC[C@]2(C)C1[C@H](O)CC1[C@@]3(C)CC[C@H](OP(=O)([O-])O)C(C)(C)C3CC[C@]12C.[Na+]. The van der Waals surface area contributed by atoms with Crippen LogP contribution in [0.1, 0.15) is 113 Å². The van der Waals surface area contributed by atoms with Crippen LogP contribution in [0.25, 0.3) is 0 Å². The summed E-state index contributed by atoms with van der Waals surface area (Å²) in [6.07, 6.45) is 0.607. The van der Waals surface area contributed by atoms with E-state index in [0.717, 1.165) is 32.1 Å². The van der Waals surface area contributed by atoms with Crippen molar-refractivity contribution in [3.8, 4) is 0 Å². The fourth-order valence-electron chi connectivity index (χ4n) is 12.2. The number of aliphatic hydroxyl groups is 5. The molecule has 0 radical (unpaired) electrons. The van der Waals surface area contributed by atoms with Gasteiger partial charge in [0.25, 0.3) is 7.82 Å². The molecule has 49 heavy (non-hydrogen) atoms. The average molecular weight is 725 g/mol. The van der Waals surface area contributed by atoms with E-state index in [1.807, 2.05) is 20.8 Å². The Morgan fingerprint density at radius 3 is 2.18 bits per heavy atom. The third kappa shape index (κ3) is 7.25. The van der Waals surface area contributed by atoms with E-state index in [1.165, 1.54) is 5.57 Å². The first-order chi connectivity index (χ1) is 22.1. The molecule has 11 nitrogen and oxygen atoms in total. The number of phosphoric ester groups is 1. The largest absolute Gasteiger partial charge is 1.00 e. The molecule has 1 heterocycles. The fraction of sp³-hybridized carbons (Fsp3) is 0.944. The second-order valence-electron chi connectivity index (χ2n) is 17.8. The predicted octanol–water partition coefficient (Wildman–Crippen LogP) is 0.814. The molecule has 5 unspecified atom stereocenters. The van der Waals surface area contributed by atoms with Crippen LogP contribution in [0.5, 0.6) is 0 Å². The Labute approximate surface area is 315 Å². The van der Waals surface area contributed by atoms with E-state index in [2.05, 4.69) is 40.7 Å². The molecule has 0 aromatic heterocycles. The van der Waals surface area contributed by atoms with Crippen LogP contribution >= 0.6 is 7.82 Å². The van der Waals surface area contributed by atoms with Gasteiger partial charge < -0.3 is 49.3 Å². The average Bonchev–Trinajstić information content (AvgIpc) is 3.36. The zero-order chi connectivity index (χ0) is 35.8. The van der Waals surface area contributed by atoms with Crippen molar-refractivity contribution in [1.82, 2.24) is 0 Å². The third-order valence-corrected chi connectivity index (χ3v) is 15.3. The number of fused-ring (bicyclic) bond motifs is 5. The molecule has 0 bridgehead atoms. The summed E-state index contributed by atoms with van der Waals surface area (Å²) in [5.74, 6) is 0.0983. The summed E-state index contributed by atoms with van der Waals surface area (Å²) in [6, 6.07) is 0. The number of aliphatic hydroxyl groups excluding tert-OH is 5. The van der Waals surface area contributed by atoms with Crippen LogP contribution in [0.3, 0.4) is 0 Å². The van der Waals surface area contributed by atoms with Crippen molar-refractivity contribution in [3.05, 3.63) is 11.6 Å². The Morgan fingerprint density at radius 1 is 0.959 bits per heavy atom. The van der Waals surface area contributed by atoms with Crippen molar-refractivity contribution in [3.63, 3.8) is 0 Å². The van der Waals surface area contributed by atoms with Gasteiger partial charge in [-0.1, -0.05) is 46.3 Å². The first-order valence-electron chi connectivity index (χ1n) is 18.1. The maximum atomic E-state index is 12.3. The summed E-state index contributed by atoms with van der Waals surface area (Å²) in [6.45, 7) is 16.7. The van der Waals surface area contributed by atoms with Gasteiger partial charge in [-0.3, -0.25) is 4.57 Å². The van der Waals surface area contributed by atoms with Crippen LogP contribution in [-0.2, 0) is 18.6 Å². The van der Waals surface area contributed by atoms with Crippen molar-refractivity contribution in [1.29, 1.82) is 0 Å². The van der Waals surface area contributed by atoms with Crippen LogP contribution < -0.4 is 34.5 Å². The minimum absolute atomic E-state index is 0. The van der Waals surface area contributed by atoms with E-state index in [-0.39, 0.29) is 69.5 Å². The van der Waals surface area contributed by atoms with Crippen molar-refractivity contribution in [2.75, 3.05) is 6.61 Å². The molecule has 16 atom stereocenters. The maximum Gasteiger partial charge on any atom is 1.00 e. The topological polar surface area (TPSA) is 189 Å². The van der Waals surface area contributed by atoms with Crippen molar-refractivity contribution >= 4 is 7.82 Å². The molecule has 4 saturated carbocycles. The minimum atomic E-state index is -4.90. The summed E-state index contributed by atoms with van der Waals surface area (Å²) in [7, 11) is -4.90. The van der Waals surface area contributed by atoms with Crippen LogP contribution in [0.2, 0.25) is 0 Å². The Bertz CT molecular complexity index is 1260. The molecule has 5 fully saturated rings. The van der Waals surface area contributed by atoms with Crippen LogP contribution in [0, 0.1) is 45.3 Å². The quantitative estimate of drug-likeness (QED) is 0.112. The molecular formula is C36H62NaO11P. The predicted molar refractivity (Wildman–Crippen MR) is 177 cm³/mol. The van der Waals surface area contributed by atoms with Crippen molar-refractivity contribution in [2.45, 2.75) is 162 Å². The molecule has 0 spiro atoms. The van der Waals surface area contributed by atoms with Crippen LogP contribution in [-0.4, -0.2) is 85.5 Å². The first-order valence-corrected chi connectivity index (χ1v) is 19.6. The molecule has 0 aromatic carbocycles. The van der Waals surface area contributed by atoms with E-state index < -0.39 is 68.4 Å². The van der Waals surface area contributed by atoms with Gasteiger partial charge in [0.05, 0.1) is 24.4 Å². The van der Waals surface area contributed by atoms with Crippen LogP contribution in [0.15, 0.2) is 11.6 Å². The zero-order valence-corrected chi connectivity index (χ0v) is 34.1. The number of ether oxygens (including phenoxy) is 2. The monoisotopic (exact) mass is 724 g/mol. The molecule has 5 rings (SSSR count). The summed E-state index contributed by atoms with van der Waals surface area (Å²) in [4.78, 5) is 21.4. The van der Waals surface area contributed by atoms with E-state index in [4.69, 9.17) is 14.0 Å². The molecule has 13 heteroatoms. The Morgan fingerprint density at radius 2 is 1.59 bits per heavy atom. The molecule has 1 saturated heterocycles. The van der Waals surface area contributed by atoms with Gasteiger partial charge in [-0.05, 0) is 124 Å². The van der Waals surface area contributed by atoms with Gasteiger partial charge in [-0.2, -0.15) is 0 Å². The number of phosphoric acid groups is 1. The molecular weight excluding hydrogens is 662 g/mol. The summed E-state index contributed by atoms with van der Waals surface area (Å²) >= 11 is 0. The molecule has 278 valence electrons. The number of allylic oxidation sites excluding steroid dienone is 2. The number of rotatable bonds is 9. The number of hydrogen-bond acceptors (Lipinski definition) is 10. The molecule has 4 aliphatic carbocycles. The van der Waals surface area contributed by atoms with E-state index >= 15 is 0 Å². The van der Waals surface area contributed by atoms with Gasteiger partial charge in [0.2, 0.25) is 0 Å². The molecule has 5 aliphatic rings.